The van der Waals surface area contributed by atoms with Crippen molar-refractivity contribution in [2.45, 2.75) is 25.4 Å². The van der Waals surface area contributed by atoms with Gasteiger partial charge in [-0.3, -0.25) is 4.79 Å². The van der Waals surface area contributed by atoms with E-state index in [2.05, 4.69) is 21.4 Å². The van der Waals surface area contributed by atoms with Crippen molar-refractivity contribution in [3.8, 4) is 0 Å². The number of carbonyl (C=O) groups is 1. The molecule has 1 atom stereocenters. The molecule has 0 spiro atoms. The van der Waals surface area contributed by atoms with Crippen molar-refractivity contribution in [3.63, 3.8) is 0 Å². The summed E-state index contributed by atoms with van der Waals surface area (Å²) >= 11 is 1.60. The van der Waals surface area contributed by atoms with Gasteiger partial charge in [0.2, 0.25) is 0 Å². The molecule has 0 saturated heterocycles. The maximum Gasteiger partial charge on any atom is 0.320 e. The van der Waals surface area contributed by atoms with Crippen molar-refractivity contribution >= 4 is 38.4 Å². The molecule has 132 valence electrons. The normalized spacial score (nSPS) is 12.6. The van der Waals surface area contributed by atoms with Crippen molar-refractivity contribution < 1.29 is 9.90 Å². The van der Waals surface area contributed by atoms with Crippen molar-refractivity contribution in [2.24, 2.45) is 0 Å². The molecule has 0 aliphatic rings. The van der Waals surface area contributed by atoms with Crippen LogP contribution in [-0.4, -0.2) is 27.1 Å². The van der Waals surface area contributed by atoms with Gasteiger partial charge in [-0.15, -0.1) is 11.3 Å². The van der Waals surface area contributed by atoms with Gasteiger partial charge in [0.1, 0.15) is 6.04 Å². The highest BCUT2D eigenvalue weighted by Gasteiger charge is 2.17. The molecule has 0 saturated carbocycles. The second kappa shape index (κ2) is 7.27. The Kier molecular flexibility index (Phi) is 4.69. The number of nitrogens with one attached hydrogen (secondary N) is 2. The first kappa shape index (κ1) is 16.8. The van der Waals surface area contributed by atoms with Crippen LogP contribution >= 0.6 is 11.3 Å². The maximum atomic E-state index is 11.6. The van der Waals surface area contributed by atoms with Gasteiger partial charge in [-0.2, -0.15) is 0 Å². The Morgan fingerprint density at radius 3 is 3.04 bits per heavy atom. The van der Waals surface area contributed by atoms with E-state index in [0.717, 1.165) is 32.2 Å². The molecular formula is C20H19N3O2S. The van der Waals surface area contributed by atoms with Crippen molar-refractivity contribution in [2.75, 3.05) is 0 Å². The van der Waals surface area contributed by atoms with Gasteiger partial charge in [0.05, 0.1) is 15.7 Å². The number of hydrogen-bond donors (Lipinski definition) is 3. The number of carboxylic acid groups (broad SMARTS) is 1. The zero-order chi connectivity index (χ0) is 17.9. The standard InChI is InChI=1S/C20H19N3O2S/c24-20(25)17(7-6-14-11-22-16-4-2-1-3-15(14)16)21-10-13-5-8-19-18(9-13)23-12-26-19/h1-5,8-9,11-12,17,21-22H,6-7,10H2,(H,24,25). The summed E-state index contributed by atoms with van der Waals surface area (Å²) in [5.41, 5.74) is 6.06. The first-order valence-electron chi connectivity index (χ1n) is 8.54. The van der Waals surface area contributed by atoms with Crippen molar-refractivity contribution in [3.05, 3.63) is 65.3 Å². The van der Waals surface area contributed by atoms with Crippen LogP contribution in [0.4, 0.5) is 0 Å². The maximum absolute atomic E-state index is 11.6. The number of aromatic nitrogens is 2. The van der Waals surface area contributed by atoms with E-state index in [1.807, 2.05) is 48.1 Å². The summed E-state index contributed by atoms with van der Waals surface area (Å²) in [5, 5.41) is 13.9. The molecular weight excluding hydrogens is 346 g/mol. The summed E-state index contributed by atoms with van der Waals surface area (Å²) in [6, 6.07) is 13.6. The number of nitrogens with zero attached hydrogens (tertiary/aromatic N) is 1. The highest BCUT2D eigenvalue weighted by Crippen LogP contribution is 2.21. The lowest BCUT2D eigenvalue weighted by molar-refractivity contribution is -0.139. The van der Waals surface area contributed by atoms with E-state index < -0.39 is 12.0 Å². The van der Waals surface area contributed by atoms with Crippen LogP contribution in [0.25, 0.3) is 21.1 Å². The number of H-pyrrole nitrogens is 1. The molecule has 26 heavy (non-hydrogen) atoms. The molecule has 0 radical (unpaired) electrons. The topological polar surface area (TPSA) is 78.0 Å². The Hall–Kier alpha value is -2.70. The summed E-state index contributed by atoms with van der Waals surface area (Å²) in [6.07, 6.45) is 3.22. The molecule has 4 aromatic rings. The van der Waals surface area contributed by atoms with Crippen LogP contribution in [0.15, 0.2) is 54.2 Å². The Bertz CT molecular complexity index is 1050. The first-order chi connectivity index (χ1) is 12.7. The van der Waals surface area contributed by atoms with E-state index in [9.17, 15) is 9.90 Å². The van der Waals surface area contributed by atoms with Crippen LogP contribution in [0, 0.1) is 0 Å². The van der Waals surface area contributed by atoms with Crippen LogP contribution in [0.5, 0.6) is 0 Å². The van der Waals surface area contributed by atoms with Gasteiger partial charge >= 0.3 is 5.97 Å². The molecule has 5 nitrogen and oxygen atoms in total. The molecule has 0 aliphatic carbocycles. The predicted molar refractivity (Wildman–Crippen MR) is 105 cm³/mol. The Morgan fingerprint density at radius 2 is 2.15 bits per heavy atom. The van der Waals surface area contributed by atoms with Crippen LogP contribution in [0.1, 0.15) is 17.5 Å². The molecule has 0 aliphatic heterocycles. The second-order valence-electron chi connectivity index (χ2n) is 6.32. The Balaban J connectivity index is 1.41. The molecule has 0 amide bonds. The zero-order valence-electron chi connectivity index (χ0n) is 14.1. The van der Waals surface area contributed by atoms with Gasteiger partial charge in [0.25, 0.3) is 0 Å². The molecule has 3 N–H and O–H groups in total. The first-order valence-corrected chi connectivity index (χ1v) is 9.42. The highest BCUT2D eigenvalue weighted by atomic mass is 32.1. The number of carboxylic acids is 1. The van der Waals surface area contributed by atoms with Crippen LogP contribution in [0.2, 0.25) is 0 Å². The summed E-state index contributed by atoms with van der Waals surface area (Å²) in [6.45, 7) is 0.512. The van der Waals surface area contributed by atoms with Gasteiger partial charge in [-0.1, -0.05) is 24.3 Å². The largest absolute Gasteiger partial charge is 0.480 e. The number of hydrogen-bond acceptors (Lipinski definition) is 4. The summed E-state index contributed by atoms with van der Waals surface area (Å²) < 4.78 is 1.14. The van der Waals surface area contributed by atoms with Gasteiger partial charge in [0.15, 0.2) is 0 Å². The predicted octanol–water partition coefficient (Wildman–Crippen LogP) is 3.95. The lowest BCUT2D eigenvalue weighted by atomic mass is 10.0. The average Bonchev–Trinajstić information content (AvgIpc) is 3.27. The van der Waals surface area contributed by atoms with Crippen molar-refractivity contribution in [1.82, 2.24) is 15.3 Å². The molecule has 4 rings (SSSR count). The number of benzene rings is 2. The van der Waals surface area contributed by atoms with Gasteiger partial charge in [-0.05, 0) is 42.2 Å². The fourth-order valence-corrected chi connectivity index (χ4v) is 3.86. The fourth-order valence-electron chi connectivity index (χ4n) is 3.21. The minimum atomic E-state index is -0.820. The number of fused-ring (bicyclic) bond motifs is 2. The molecule has 1 unspecified atom stereocenters. The summed E-state index contributed by atoms with van der Waals surface area (Å²) in [7, 11) is 0. The van der Waals surface area contributed by atoms with Crippen LogP contribution in [0.3, 0.4) is 0 Å². The Labute approximate surface area is 154 Å². The molecule has 0 bridgehead atoms. The van der Waals surface area contributed by atoms with Gasteiger partial charge in [0, 0.05) is 23.6 Å². The lowest BCUT2D eigenvalue weighted by Gasteiger charge is -2.14. The third kappa shape index (κ3) is 3.47. The number of thiazole rings is 1. The van der Waals surface area contributed by atoms with Crippen molar-refractivity contribution in [1.29, 1.82) is 0 Å². The number of aliphatic carboxylic acids is 1. The molecule has 6 heteroatoms. The van der Waals surface area contributed by atoms with E-state index in [4.69, 9.17) is 0 Å². The summed E-state index contributed by atoms with van der Waals surface area (Å²) in [5.74, 6) is -0.820. The molecule has 2 heterocycles. The highest BCUT2D eigenvalue weighted by molar-refractivity contribution is 7.16. The lowest BCUT2D eigenvalue weighted by Crippen LogP contribution is -2.36. The van der Waals surface area contributed by atoms with Crippen LogP contribution < -0.4 is 5.32 Å². The van der Waals surface area contributed by atoms with E-state index in [0.29, 0.717) is 19.4 Å². The smallest absolute Gasteiger partial charge is 0.320 e. The number of aryl methyl sites for hydroxylation is 1. The monoisotopic (exact) mass is 365 g/mol. The van der Waals surface area contributed by atoms with E-state index in [1.165, 1.54) is 0 Å². The summed E-state index contributed by atoms with van der Waals surface area (Å²) in [4.78, 5) is 19.2. The molecule has 2 aromatic heterocycles. The van der Waals surface area contributed by atoms with E-state index >= 15 is 0 Å². The van der Waals surface area contributed by atoms with Gasteiger partial charge < -0.3 is 15.4 Å². The average molecular weight is 365 g/mol. The molecule has 2 aromatic carbocycles. The number of aromatic amines is 1. The zero-order valence-corrected chi connectivity index (χ0v) is 14.9. The SMILES string of the molecule is O=C(O)C(CCc1c[nH]c2ccccc12)NCc1ccc2scnc2c1. The Morgan fingerprint density at radius 1 is 1.27 bits per heavy atom. The van der Waals surface area contributed by atoms with Gasteiger partial charge in [-0.25, -0.2) is 4.98 Å². The third-order valence-corrected chi connectivity index (χ3v) is 5.43. The molecule has 0 fully saturated rings. The van der Waals surface area contributed by atoms with E-state index in [1.54, 1.807) is 11.3 Å². The quantitative estimate of drug-likeness (QED) is 0.463. The number of rotatable bonds is 7. The number of para-hydroxylation sites is 1. The van der Waals surface area contributed by atoms with Crippen LogP contribution in [-0.2, 0) is 17.8 Å². The van der Waals surface area contributed by atoms with E-state index in [-0.39, 0.29) is 0 Å². The fraction of sp³-hybridized carbons (Fsp3) is 0.200. The minimum Gasteiger partial charge on any atom is -0.480 e. The second-order valence-corrected chi connectivity index (χ2v) is 7.21. The minimum absolute atomic E-state index is 0.512. The third-order valence-electron chi connectivity index (χ3n) is 4.62.